The van der Waals surface area contributed by atoms with Gasteiger partial charge in [0.1, 0.15) is 12.1 Å². The third kappa shape index (κ3) is 2.87. The summed E-state index contributed by atoms with van der Waals surface area (Å²) in [6.07, 6.45) is 6.05. The molecule has 2 aromatic heterocycles. The predicted molar refractivity (Wildman–Crippen MR) is 97.8 cm³/mol. The highest BCUT2D eigenvalue weighted by Gasteiger charge is 2.23. The second-order valence-corrected chi connectivity index (χ2v) is 8.36. The van der Waals surface area contributed by atoms with Gasteiger partial charge in [-0.15, -0.1) is 11.3 Å². The van der Waals surface area contributed by atoms with Gasteiger partial charge in [-0.05, 0) is 31.0 Å². The van der Waals surface area contributed by atoms with Gasteiger partial charge in [-0.25, -0.2) is 15.0 Å². The molecule has 1 aromatic carbocycles. The monoisotopic (exact) mass is 359 g/mol. The molecule has 2 heterocycles. The Morgan fingerprint density at radius 2 is 2.25 bits per heavy atom. The Labute approximate surface area is 146 Å². The van der Waals surface area contributed by atoms with Gasteiger partial charge in [0.15, 0.2) is 5.13 Å². The van der Waals surface area contributed by atoms with Crippen LogP contribution >= 0.6 is 11.3 Å². The minimum absolute atomic E-state index is 0.284. The zero-order chi connectivity index (χ0) is 16.7. The van der Waals surface area contributed by atoms with E-state index in [-0.39, 0.29) is 6.04 Å². The predicted octanol–water partition coefficient (Wildman–Crippen LogP) is 2.38. The molecular weight excluding hydrogens is 342 g/mol. The first-order valence-corrected chi connectivity index (χ1v) is 10.1. The van der Waals surface area contributed by atoms with Crippen LogP contribution in [0.1, 0.15) is 17.0 Å². The number of thiazole rings is 1. The maximum atomic E-state index is 11.8. The van der Waals surface area contributed by atoms with Crippen molar-refractivity contribution in [3.8, 4) is 0 Å². The highest BCUT2D eigenvalue weighted by Crippen LogP contribution is 2.30. The number of anilines is 2. The van der Waals surface area contributed by atoms with E-state index in [0.29, 0.717) is 5.13 Å². The summed E-state index contributed by atoms with van der Waals surface area (Å²) in [7, 11) is -1.03. The molecule has 0 saturated heterocycles. The van der Waals surface area contributed by atoms with E-state index in [2.05, 4.69) is 20.3 Å². The highest BCUT2D eigenvalue weighted by atomic mass is 32.2. The Kier molecular flexibility index (Phi) is 3.93. The van der Waals surface area contributed by atoms with Crippen LogP contribution in [0.2, 0.25) is 0 Å². The molecular formula is C16H17N5OS2. The maximum absolute atomic E-state index is 11.8. The Morgan fingerprint density at radius 1 is 1.38 bits per heavy atom. The summed E-state index contributed by atoms with van der Waals surface area (Å²) in [6, 6.07) is 5.93. The third-order valence-corrected chi connectivity index (χ3v) is 6.10. The molecule has 6 nitrogen and oxygen atoms in total. The van der Waals surface area contributed by atoms with Crippen LogP contribution in [0.3, 0.4) is 0 Å². The summed E-state index contributed by atoms with van der Waals surface area (Å²) >= 11 is 1.57. The Hall–Kier alpha value is -2.06. The van der Waals surface area contributed by atoms with Crippen molar-refractivity contribution in [3.63, 3.8) is 0 Å². The topological polar surface area (TPSA) is 93.8 Å². The lowest BCUT2D eigenvalue weighted by molar-refractivity contribution is 0.608. The van der Waals surface area contributed by atoms with Gasteiger partial charge in [-0.3, -0.25) is 4.21 Å². The number of aryl methyl sites for hydroxylation is 1. The van der Waals surface area contributed by atoms with Crippen molar-refractivity contribution in [2.24, 2.45) is 0 Å². The van der Waals surface area contributed by atoms with Gasteiger partial charge in [0.25, 0.3) is 0 Å². The van der Waals surface area contributed by atoms with Gasteiger partial charge in [0.05, 0.1) is 11.2 Å². The molecule has 3 N–H and O–H groups in total. The number of nitrogens with zero attached hydrogens (tertiary/aromatic N) is 3. The number of nitrogen functional groups attached to an aromatic ring is 1. The van der Waals surface area contributed by atoms with E-state index in [0.717, 1.165) is 46.6 Å². The molecule has 2 atom stereocenters. The van der Waals surface area contributed by atoms with Crippen LogP contribution in [-0.4, -0.2) is 31.5 Å². The molecule has 0 aliphatic heterocycles. The SMILES string of the molecule is CS(=O)c1ccc2ncnc(NC3CCc4nc(N)sc4C3)c2c1. The molecule has 3 aromatic rings. The Bertz CT molecular complexity index is 939. The minimum atomic E-state index is -1.03. The lowest BCUT2D eigenvalue weighted by Crippen LogP contribution is -2.27. The van der Waals surface area contributed by atoms with Crippen LogP contribution in [0, 0.1) is 0 Å². The molecule has 124 valence electrons. The first-order valence-electron chi connectivity index (χ1n) is 7.69. The number of nitrogens with one attached hydrogen (secondary N) is 1. The summed E-state index contributed by atoms with van der Waals surface area (Å²) in [4.78, 5) is 15.1. The van der Waals surface area contributed by atoms with Crippen LogP contribution in [0.4, 0.5) is 10.9 Å². The average molecular weight is 359 g/mol. The smallest absolute Gasteiger partial charge is 0.180 e. The molecule has 0 saturated carbocycles. The maximum Gasteiger partial charge on any atom is 0.180 e. The number of nitrogens with two attached hydrogens (primary N) is 1. The van der Waals surface area contributed by atoms with E-state index in [1.807, 2.05) is 18.2 Å². The van der Waals surface area contributed by atoms with Gasteiger partial charge in [0, 0.05) is 44.7 Å². The second-order valence-electron chi connectivity index (χ2n) is 5.86. The largest absolute Gasteiger partial charge is 0.375 e. The van der Waals surface area contributed by atoms with Crippen LogP contribution < -0.4 is 11.1 Å². The van der Waals surface area contributed by atoms with Gasteiger partial charge in [-0.1, -0.05) is 0 Å². The molecule has 1 aliphatic carbocycles. The summed E-state index contributed by atoms with van der Waals surface area (Å²) in [5, 5.41) is 5.07. The van der Waals surface area contributed by atoms with E-state index >= 15 is 0 Å². The average Bonchev–Trinajstić information content (AvgIpc) is 2.94. The molecule has 0 fully saturated rings. The number of rotatable bonds is 3. The van der Waals surface area contributed by atoms with Crippen LogP contribution in [0.15, 0.2) is 29.4 Å². The number of benzene rings is 1. The molecule has 0 radical (unpaired) electrons. The van der Waals surface area contributed by atoms with Crippen molar-refractivity contribution in [3.05, 3.63) is 35.1 Å². The molecule has 24 heavy (non-hydrogen) atoms. The van der Waals surface area contributed by atoms with Crippen LogP contribution in [0.5, 0.6) is 0 Å². The second kappa shape index (κ2) is 6.10. The summed E-state index contributed by atoms with van der Waals surface area (Å²) in [6.45, 7) is 0. The first kappa shape index (κ1) is 15.5. The third-order valence-electron chi connectivity index (χ3n) is 4.24. The van der Waals surface area contributed by atoms with E-state index < -0.39 is 10.8 Å². The minimum Gasteiger partial charge on any atom is -0.375 e. The fraction of sp³-hybridized carbons (Fsp3) is 0.312. The number of aromatic nitrogens is 3. The lowest BCUT2D eigenvalue weighted by Gasteiger charge is -2.23. The summed E-state index contributed by atoms with van der Waals surface area (Å²) < 4.78 is 11.8. The molecule has 1 aliphatic rings. The molecule has 4 rings (SSSR count). The zero-order valence-corrected chi connectivity index (χ0v) is 14.8. The Balaban J connectivity index is 1.65. The Morgan fingerprint density at radius 3 is 3.08 bits per heavy atom. The van der Waals surface area contributed by atoms with Gasteiger partial charge in [0.2, 0.25) is 0 Å². The van der Waals surface area contributed by atoms with E-state index in [9.17, 15) is 4.21 Å². The fourth-order valence-corrected chi connectivity index (χ4v) is 4.54. The van der Waals surface area contributed by atoms with Crippen molar-refractivity contribution in [1.29, 1.82) is 0 Å². The van der Waals surface area contributed by atoms with Crippen LogP contribution in [0.25, 0.3) is 10.9 Å². The number of hydrogen-bond acceptors (Lipinski definition) is 7. The normalized spacial score (nSPS) is 18.3. The van der Waals surface area contributed by atoms with Crippen molar-refractivity contribution in [2.45, 2.75) is 30.2 Å². The van der Waals surface area contributed by atoms with Gasteiger partial charge < -0.3 is 11.1 Å². The molecule has 2 unspecified atom stereocenters. The van der Waals surface area contributed by atoms with Crippen LogP contribution in [-0.2, 0) is 23.6 Å². The summed E-state index contributed by atoms with van der Waals surface area (Å²) in [5.41, 5.74) is 7.79. The lowest BCUT2D eigenvalue weighted by atomic mass is 9.97. The zero-order valence-electron chi connectivity index (χ0n) is 13.2. The number of fused-ring (bicyclic) bond motifs is 2. The van der Waals surface area contributed by atoms with Gasteiger partial charge in [-0.2, -0.15) is 0 Å². The van der Waals surface area contributed by atoms with Crippen molar-refractivity contribution in [2.75, 3.05) is 17.3 Å². The van der Waals surface area contributed by atoms with E-state index in [4.69, 9.17) is 5.73 Å². The van der Waals surface area contributed by atoms with Crippen molar-refractivity contribution < 1.29 is 4.21 Å². The van der Waals surface area contributed by atoms with Gasteiger partial charge >= 0.3 is 0 Å². The fourth-order valence-electron chi connectivity index (χ4n) is 3.04. The molecule has 0 bridgehead atoms. The quantitative estimate of drug-likeness (QED) is 0.746. The van der Waals surface area contributed by atoms with E-state index in [1.54, 1.807) is 23.9 Å². The standard InChI is InChI=1S/C16H17N5OS2/c1-24(22)10-3-5-12-11(7-10)15(19-8-18-12)20-9-2-4-13-14(6-9)23-16(17)21-13/h3,5,7-9H,2,4,6H2,1H3,(H2,17,21)(H,18,19,20). The summed E-state index contributed by atoms with van der Waals surface area (Å²) in [5.74, 6) is 0.790. The highest BCUT2D eigenvalue weighted by molar-refractivity contribution is 7.84. The number of hydrogen-bond donors (Lipinski definition) is 2. The molecule has 0 spiro atoms. The van der Waals surface area contributed by atoms with Crippen molar-refractivity contribution >= 4 is 44.0 Å². The molecule has 8 heteroatoms. The van der Waals surface area contributed by atoms with Crippen molar-refractivity contribution in [1.82, 2.24) is 15.0 Å². The first-order chi connectivity index (χ1) is 11.6. The molecule has 0 amide bonds. The van der Waals surface area contributed by atoms with E-state index in [1.165, 1.54) is 4.88 Å².